The molecule has 0 heterocycles. The van der Waals surface area contributed by atoms with Crippen LogP contribution in [-0.2, 0) is 11.2 Å². The second-order valence-corrected chi connectivity index (χ2v) is 4.60. The van der Waals surface area contributed by atoms with E-state index in [1.807, 2.05) is 6.92 Å². The Hall–Kier alpha value is -1.88. The van der Waals surface area contributed by atoms with Crippen molar-refractivity contribution in [2.24, 2.45) is 0 Å². The van der Waals surface area contributed by atoms with Gasteiger partial charge in [0, 0.05) is 13.1 Å². The maximum atomic E-state index is 12.2. The Morgan fingerprint density at radius 3 is 2.50 bits per heavy atom. The highest BCUT2D eigenvalue weighted by Gasteiger charge is 2.17. The third-order valence-electron chi connectivity index (χ3n) is 3.09. The van der Waals surface area contributed by atoms with Crippen molar-refractivity contribution in [1.29, 1.82) is 0 Å². The number of carbonyl (C=O) groups excluding carboxylic acids is 1. The van der Waals surface area contributed by atoms with Crippen LogP contribution in [0.1, 0.15) is 35.7 Å². The number of hydrogen-bond donors (Lipinski definition) is 2. The van der Waals surface area contributed by atoms with Crippen LogP contribution in [0.15, 0.2) is 24.3 Å². The standard InChI is InChI=1S/C15H21NO4/c1-2-3-8-16(9-10-17)14(18)11-12-6-4-5-7-13(12)15(19)20/h4-7,17H,2-3,8-11H2,1H3,(H,19,20). The number of unbranched alkanes of at least 4 members (excludes halogenated alkanes) is 1. The summed E-state index contributed by atoms with van der Waals surface area (Å²) in [4.78, 5) is 24.9. The minimum Gasteiger partial charge on any atom is -0.478 e. The highest BCUT2D eigenvalue weighted by molar-refractivity contribution is 5.91. The van der Waals surface area contributed by atoms with E-state index in [2.05, 4.69) is 0 Å². The van der Waals surface area contributed by atoms with E-state index in [-0.39, 0.29) is 31.0 Å². The van der Waals surface area contributed by atoms with Crippen LogP contribution in [0.25, 0.3) is 0 Å². The van der Waals surface area contributed by atoms with Crippen molar-refractivity contribution in [2.45, 2.75) is 26.2 Å². The van der Waals surface area contributed by atoms with E-state index >= 15 is 0 Å². The van der Waals surface area contributed by atoms with Crippen LogP contribution in [0.4, 0.5) is 0 Å². The Kier molecular flexibility index (Phi) is 6.73. The topological polar surface area (TPSA) is 77.8 Å². The zero-order chi connectivity index (χ0) is 15.0. The molecule has 5 heteroatoms. The number of aliphatic hydroxyl groups is 1. The van der Waals surface area contributed by atoms with Crippen LogP contribution < -0.4 is 0 Å². The number of benzene rings is 1. The molecule has 0 radical (unpaired) electrons. The van der Waals surface area contributed by atoms with Gasteiger partial charge in [-0.25, -0.2) is 4.79 Å². The minimum absolute atomic E-state index is 0.0478. The highest BCUT2D eigenvalue weighted by Crippen LogP contribution is 2.11. The molecule has 1 aromatic rings. The monoisotopic (exact) mass is 279 g/mol. The normalized spacial score (nSPS) is 10.3. The number of carbonyl (C=O) groups is 2. The fraction of sp³-hybridized carbons (Fsp3) is 0.467. The van der Waals surface area contributed by atoms with Gasteiger partial charge in [0.15, 0.2) is 0 Å². The summed E-state index contributed by atoms with van der Waals surface area (Å²) in [6, 6.07) is 6.50. The Labute approximate surface area is 118 Å². The van der Waals surface area contributed by atoms with Gasteiger partial charge in [-0.15, -0.1) is 0 Å². The molecule has 0 bridgehead atoms. The molecule has 0 unspecified atom stereocenters. The molecule has 0 aromatic heterocycles. The maximum Gasteiger partial charge on any atom is 0.335 e. The first-order valence-corrected chi connectivity index (χ1v) is 6.80. The summed E-state index contributed by atoms with van der Waals surface area (Å²) in [5, 5.41) is 18.1. The molecule has 20 heavy (non-hydrogen) atoms. The van der Waals surface area contributed by atoms with E-state index in [0.717, 1.165) is 12.8 Å². The second-order valence-electron chi connectivity index (χ2n) is 4.60. The van der Waals surface area contributed by atoms with Crippen LogP contribution in [0.3, 0.4) is 0 Å². The number of carboxylic acid groups (broad SMARTS) is 1. The van der Waals surface area contributed by atoms with Gasteiger partial charge >= 0.3 is 5.97 Å². The number of aromatic carboxylic acids is 1. The van der Waals surface area contributed by atoms with Crippen molar-refractivity contribution >= 4 is 11.9 Å². The molecule has 0 aliphatic rings. The predicted molar refractivity (Wildman–Crippen MR) is 75.7 cm³/mol. The van der Waals surface area contributed by atoms with Crippen molar-refractivity contribution in [3.63, 3.8) is 0 Å². The number of hydrogen-bond acceptors (Lipinski definition) is 3. The first kappa shape index (κ1) is 16.2. The number of carboxylic acids is 1. The SMILES string of the molecule is CCCCN(CCO)C(=O)Cc1ccccc1C(=O)O. The Morgan fingerprint density at radius 2 is 1.90 bits per heavy atom. The summed E-state index contributed by atoms with van der Waals surface area (Å²) in [6.45, 7) is 2.82. The fourth-order valence-electron chi connectivity index (χ4n) is 1.99. The van der Waals surface area contributed by atoms with E-state index in [4.69, 9.17) is 10.2 Å². The lowest BCUT2D eigenvalue weighted by atomic mass is 10.0. The van der Waals surface area contributed by atoms with Crippen molar-refractivity contribution in [1.82, 2.24) is 4.90 Å². The molecule has 5 nitrogen and oxygen atoms in total. The summed E-state index contributed by atoms with van der Waals surface area (Å²) < 4.78 is 0. The average molecular weight is 279 g/mol. The largest absolute Gasteiger partial charge is 0.478 e. The molecule has 2 N–H and O–H groups in total. The fourth-order valence-corrected chi connectivity index (χ4v) is 1.99. The van der Waals surface area contributed by atoms with Crippen LogP contribution in [0, 0.1) is 0 Å². The molecule has 0 fully saturated rings. The lowest BCUT2D eigenvalue weighted by Gasteiger charge is -2.22. The third-order valence-corrected chi connectivity index (χ3v) is 3.09. The van der Waals surface area contributed by atoms with Gasteiger partial charge in [0.25, 0.3) is 0 Å². The van der Waals surface area contributed by atoms with Gasteiger partial charge in [-0.1, -0.05) is 31.5 Å². The smallest absolute Gasteiger partial charge is 0.335 e. The third kappa shape index (κ3) is 4.66. The Morgan fingerprint density at radius 1 is 1.20 bits per heavy atom. The molecule has 0 spiro atoms. The first-order chi connectivity index (χ1) is 9.60. The minimum atomic E-state index is -1.03. The lowest BCUT2D eigenvalue weighted by Crippen LogP contribution is -2.35. The lowest BCUT2D eigenvalue weighted by molar-refractivity contribution is -0.131. The Bertz CT molecular complexity index is 459. The van der Waals surface area contributed by atoms with Crippen molar-refractivity contribution < 1.29 is 19.8 Å². The Balaban J connectivity index is 2.79. The molecule has 0 aliphatic heterocycles. The molecular weight excluding hydrogens is 258 g/mol. The average Bonchev–Trinajstić information content (AvgIpc) is 2.43. The second kappa shape index (κ2) is 8.32. The number of rotatable bonds is 8. The van der Waals surface area contributed by atoms with Crippen molar-refractivity contribution in [3.05, 3.63) is 35.4 Å². The van der Waals surface area contributed by atoms with Crippen LogP contribution in [0.2, 0.25) is 0 Å². The van der Waals surface area contributed by atoms with Crippen LogP contribution in [0.5, 0.6) is 0 Å². The highest BCUT2D eigenvalue weighted by atomic mass is 16.4. The van der Waals surface area contributed by atoms with Crippen LogP contribution >= 0.6 is 0 Å². The summed E-state index contributed by atoms with van der Waals surface area (Å²) in [7, 11) is 0. The van der Waals surface area contributed by atoms with E-state index in [0.29, 0.717) is 12.1 Å². The van der Waals surface area contributed by atoms with Gasteiger partial charge in [-0.2, -0.15) is 0 Å². The number of nitrogens with zero attached hydrogens (tertiary/aromatic N) is 1. The van der Waals surface area contributed by atoms with Crippen molar-refractivity contribution in [2.75, 3.05) is 19.7 Å². The maximum absolute atomic E-state index is 12.2. The molecule has 0 aliphatic carbocycles. The number of amides is 1. The molecule has 110 valence electrons. The molecule has 1 amide bonds. The molecule has 1 rings (SSSR count). The van der Waals surface area contributed by atoms with E-state index in [1.165, 1.54) is 6.07 Å². The summed E-state index contributed by atoms with van der Waals surface area (Å²) in [5.41, 5.74) is 0.657. The molecule has 1 aromatic carbocycles. The molecular formula is C15H21NO4. The molecule has 0 atom stereocenters. The van der Waals surface area contributed by atoms with Gasteiger partial charge in [0.05, 0.1) is 18.6 Å². The number of aliphatic hydroxyl groups excluding tert-OH is 1. The summed E-state index contributed by atoms with van der Waals surface area (Å²) in [6.07, 6.45) is 1.87. The van der Waals surface area contributed by atoms with Gasteiger partial charge in [-0.05, 0) is 18.1 Å². The zero-order valence-corrected chi connectivity index (χ0v) is 11.7. The quantitative estimate of drug-likeness (QED) is 0.757. The van der Waals surface area contributed by atoms with E-state index in [1.54, 1.807) is 23.1 Å². The van der Waals surface area contributed by atoms with E-state index in [9.17, 15) is 9.59 Å². The van der Waals surface area contributed by atoms with E-state index < -0.39 is 5.97 Å². The molecule has 0 saturated heterocycles. The summed E-state index contributed by atoms with van der Waals surface area (Å²) in [5.74, 6) is -1.18. The van der Waals surface area contributed by atoms with Gasteiger partial charge in [0.1, 0.15) is 0 Å². The first-order valence-electron chi connectivity index (χ1n) is 6.80. The van der Waals surface area contributed by atoms with Gasteiger partial charge in [-0.3, -0.25) is 4.79 Å². The molecule has 0 saturated carbocycles. The van der Waals surface area contributed by atoms with Crippen molar-refractivity contribution in [3.8, 4) is 0 Å². The van der Waals surface area contributed by atoms with Crippen LogP contribution in [-0.4, -0.2) is 46.7 Å². The summed E-state index contributed by atoms with van der Waals surface area (Å²) >= 11 is 0. The zero-order valence-electron chi connectivity index (χ0n) is 11.7. The van der Waals surface area contributed by atoms with Gasteiger partial charge in [0.2, 0.25) is 5.91 Å². The predicted octanol–water partition coefficient (Wildman–Crippen LogP) is 1.55. The van der Waals surface area contributed by atoms with Gasteiger partial charge < -0.3 is 15.1 Å².